The van der Waals surface area contributed by atoms with E-state index in [2.05, 4.69) is 35.5 Å². The number of nitrogens with one attached hydrogen (secondary N) is 1. The first-order valence-corrected chi connectivity index (χ1v) is 7.20. The van der Waals surface area contributed by atoms with Crippen LogP contribution >= 0.6 is 12.6 Å². The Morgan fingerprint density at radius 1 is 1.32 bits per heavy atom. The normalized spacial score (nSPS) is 14.1. The summed E-state index contributed by atoms with van der Waals surface area (Å²) in [6, 6.07) is 6.11. The molecule has 3 heteroatoms. The van der Waals surface area contributed by atoms with Crippen molar-refractivity contribution in [1.29, 1.82) is 0 Å². The van der Waals surface area contributed by atoms with Crippen LogP contribution in [0.25, 0.3) is 10.9 Å². The molecule has 19 heavy (non-hydrogen) atoms. The second-order valence-electron chi connectivity index (χ2n) is 4.79. The van der Waals surface area contributed by atoms with E-state index in [0.29, 0.717) is 6.42 Å². The molecule has 1 aliphatic carbocycles. The van der Waals surface area contributed by atoms with Crippen LogP contribution in [-0.2, 0) is 6.42 Å². The largest absolute Gasteiger partial charge is 0.352 e. The molecule has 0 fully saturated rings. The van der Waals surface area contributed by atoms with E-state index in [1.54, 1.807) is 0 Å². The molecular weight excluding hydrogens is 254 g/mol. The number of aromatic amines is 1. The summed E-state index contributed by atoms with van der Waals surface area (Å²) in [6.45, 7) is 0. The van der Waals surface area contributed by atoms with Crippen LogP contribution in [-0.4, -0.2) is 16.5 Å². The Kier molecular flexibility index (Phi) is 3.35. The third kappa shape index (κ3) is 2.29. The minimum atomic E-state index is 0.236. The number of fused-ring (bicyclic) bond motifs is 3. The van der Waals surface area contributed by atoms with Crippen molar-refractivity contribution in [1.82, 2.24) is 4.98 Å². The second kappa shape index (κ2) is 5.14. The molecule has 0 atom stereocenters. The zero-order valence-electron chi connectivity index (χ0n) is 10.6. The van der Waals surface area contributed by atoms with Gasteiger partial charge >= 0.3 is 0 Å². The molecule has 1 aromatic heterocycles. The molecule has 3 rings (SSSR count). The minimum Gasteiger partial charge on any atom is -0.352 e. The zero-order valence-corrected chi connectivity index (χ0v) is 11.5. The summed E-state index contributed by atoms with van der Waals surface area (Å²) in [6.07, 6.45) is 3.39. The first kappa shape index (κ1) is 12.4. The lowest BCUT2D eigenvalue weighted by molar-refractivity contribution is 0.0968. The molecule has 0 saturated carbocycles. The van der Waals surface area contributed by atoms with Gasteiger partial charge in [-0.25, -0.2) is 0 Å². The molecule has 2 aromatic rings. The Balaban J connectivity index is 2.08. The SMILES string of the molecule is O=C1CCCc2c1[nH]c1ccc(C#CCCS)cc21. The van der Waals surface area contributed by atoms with Crippen molar-refractivity contribution >= 4 is 29.3 Å². The molecule has 0 saturated heterocycles. The Morgan fingerprint density at radius 2 is 2.21 bits per heavy atom. The highest BCUT2D eigenvalue weighted by atomic mass is 32.1. The Morgan fingerprint density at radius 3 is 3.05 bits per heavy atom. The maximum Gasteiger partial charge on any atom is 0.179 e. The Labute approximate surface area is 118 Å². The van der Waals surface area contributed by atoms with E-state index < -0.39 is 0 Å². The van der Waals surface area contributed by atoms with Crippen LogP contribution < -0.4 is 0 Å². The number of aromatic nitrogens is 1. The van der Waals surface area contributed by atoms with Crippen LogP contribution in [0.5, 0.6) is 0 Å². The van der Waals surface area contributed by atoms with Gasteiger partial charge in [0.05, 0.1) is 5.69 Å². The van der Waals surface area contributed by atoms with Gasteiger partial charge < -0.3 is 4.98 Å². The lowest BCUT2D eigenvalue weighted by Crippen LogP contribution is -2.09. The van der Waals surface area contributed by atoms with Gasteiger partial charge in [0.15, 0.2) is 5.78 Å². The van der Waals surface area contributed by atoms with E-state index >= 15 is 0 Å². The van der Waals surface area contributed by atoms with Gasteiger partial charge in [0.2, 0.25) is 0 Å². The molecule has 2 nitrogen and oxygen atoms in total. The molecule has 0 aliphatic heterocycles. The van der Waals surface area contributed by atoms with E-state index in [-0.39, 0.29) is 5.78 Å². The average molecular weight is 269 g/mol. The van der Waals surface area contributed by atoms with Crippen LogP contribution in [0.1, 0.15) is 40.9 Å². The van der Waals surface area contributed by atoms with Crippen LogP contribution in [0, 0.1) is 11.8 Å². The molecule has 96 valence electrons. The van der Waals surface area contributed by atoms with Gasteiger partial charge in [-0.3, -0.25) is 4.79 Å². The lowest BCUT2D eigenvalue weighted by Gasteiger charge is -2.09. The fourth-order valence-corrected chi connectivity index (χ4v) is 2.71. The molecule has 0 amide bonds. The van der Waals surface area contributed by atoms with E-state index in [9.17, 15) is 4.79 Å². The lowest BCUT2D eigenvalue weighted by atomic mass is 9.94. The first-order valence-electron chi connectivity index (χ1n) is 6.57. The summed E-state index contributed by atoms with van der Waals surface area (Å²) in [4.78, 5) is 15.1. The van der Waals surface area contributed by atoms with Crippen molar-refractivity contribution in [3.8, 4) is 11.8 Å². The van der Waals surface area contributed by atoms with Crippen molar-refractivity contribution in [2.24, 2.45) is 0 Å². The summed E-state index contributed by atoms with van der Waals surface area (Å²) >= 11 is 4.15. The highest BCUT2D eigenvalue weighted by molar-refractivity contribution is 7.80. The van der Waals surface area contributed by atoms with E-state index in [0.717, 1.165) is 47.2 Å². The van der Waals surface area contributed by atoms with Gasteiger partial charge in [-0.15, -0.1) is 0 Å². The number of ketones is 1. The summed E-state index contributed by atoms with van der Waals surface area (Å²) < 4.78 is 0. The minimum absolute atomic E-state index is 0.236. The molecular formula is C16H15NOS. The van der Waals surface area contributed by atoms with Gasteiger partial charge in [0.25, 0.3) is 0 Å². The van der Waals surface area contributed by atoms with Crippen molar-refractivity contribution in [2.45, 2.75) is 25.7 Å². The number of thiol groups is 1. The van der Waals surface area contributed by atoms with Crippen LogP contribution in [0.2, 0.25) is 0 Å². The van der Waals surface area contributed by atoms with Crippen LogP contribution in [0.4, 0.5) is 0 Å². The summed E-state index contributed by atoms with van der Waals surface area (Å²) in [5, 5.41) is 1.15. The van der Waals surface area contributed by atoms with Crippen LogP contribution in [0.15, 0.2) is 18.2 Å². The maximum atomic E-state index is 11.9. The van der Waals surface area contributed by atoms with Crippen LogP contribution in [0.3, 0.4) is 0 Å². The molecule has 1 aliphatic rings. The standard InChI is InChI=1S/C16H15NOS/c18-15-6-3-5-12-13-10-11(4-1-2-9-19)7-8-14(13)17-16(12)15/h7-8,10,17,19H,2-3,5-6,9H2. The quantitative estimate of drug-likeness (QED) is 0.604. The summed E-state index contributed by atoms with van der Waals surface area (Å²) in [5.74, 6) is 7.26. The topological polar surface area (TPSA) is 32.9 Å². The van der Waals surface area contributed by atoms with Crippen molar-refractivity contribution in [2.75, 3.05) is 5.75 Å². The number of carbonyl (C=O) groups is 1. The van der Waals surface area contributed by atoms with Crippen molar-refractivity contribution < 1.29 is 4.79 Å². The number of carbonyl (C=O) groups excluding carboxylic acids is 1. The molecule has 1 heterocycles. The fraction of sp³-hybridized carbons (Fsp3) is 0.312. The monoisotopic (exact) mass is 269 g/mol. The summed E-state index contributed by atoms with van der Waals surface area (Å²) in [7, 11) is 0. The smallest absolute Gasteiger partial charge is 0.179 e. The summed E-state index contributed by atoms with van der Waals surface area (Å²) in [5.41, 5.74) is 4.03. The third-order valence-electron chi connectivity index (χ3n) is 3.49. The zero-order chi connectivity index (χ0) is 13.2. The van der Waals surface area contributed by atoms with Crippen molar-refractivity contribution in [3.05, 3.63) is 35.0 Å². The highest BCUT2D eigenvalue weighted by Gasteiger charge is 2.21. The molecule has 1 aromatic carbocycles. The number of H-pyrrole nitrogens is 1. The number of benzene rings is 1. The van der Waals surface area contributed by atoms with E-state index in [4.69, 9.17) is 0 Å². The molecule has 0 unspecified atom stereocenters. The Hall–Kier alpha value is -1.66. The van der Waals surface area contributed by atoms with Gasteiger partial charge in [-0.2, -0.15) is 12.6 Å². The number of aryl methyl sites for hydroxylation is 1. The number of rotatable bonds is 1. The molecule has 0 bridgehead atoms. The second-order valence-corrected chi connectivity index (χ2v) is 5.24. The fourth-order valence-electron chi connectivity index (χ4n) is 2.59. The van der Waals surface area contributed by atoms with Gasteiger partial charge in [0, 0.05) is 35.1 Å². The van der Waals surface area contributed by atoms with Crippen molar-refractivity contribution in [3.63, 3.8) is 0 Å². The predicted octanol–water partition coefficient (Wildman–Crippen LogP) is 3.36. The third-order valence-corrected chi connectivity index (χ3v) is 3.71. The van der Waals surface area contributed by atoms with E-state index in [1.807, 2.05) is 12.1 Å². The number of Topliss-reactive ketones (excluding diaryl/α,β-unsaturated/α-hetero) is 1. The molecule has 0 radical (unpaired) electrons. The predicted molar refractivity (Wildman–Crippen MR) is 80.9 cm³/mol. The van der Waals surface area contributed by atoms with Gasteiger partial charge in [-0.05, 0) is 36.6 Å². The Bertz CT molecular complexity index is 703. The highest BCUT2D eigenvalue weighted by Crippen LogP contribution is 2.29. The van der Waals surface area contributed by atoms with E-state index in [1.165, 1.54) is 5.56 Å². The maximum absolute atomic E-state index is 11.9. The number of hydrogen-bond donors (Lipinski definition) is 2. The van der Waals surface area contributed by atoms with Gasteiger partial charge in [-0.1, -0.05) is 11.8 Å². The first-order chi connectivity index (χ1) is 9.29. The average Bonchev–Trinajstić information content (AvgIpc) is 2.79. The number of hydrogen-bond acceptors (Lipinski definition) is 2. The van der Waals surface area contributed by atoms with Gasteiger partial charge in [0.1, 0.15) is 0 Å². The molecule has 0 spiro atoms. The molecule has 1 N–H and O–H groups in total.